The van der Waals surface area contributed by atoms with Crippen molar-refractivity contribution in [2.45, 2.75) is 32.8 Å². The van der Waals surface area contributed by atoms with E-state index in [1.54, 1.807) is 32.2 Å². The molecule has 7 heteroatoms. The van der Waals surface area contributed by atoms with Crippen LogP contribution in [0.25, 0.3) is 11.1 Å². The molecule has 2 heterocycles. The van der Waals surface area contributed by atoms with E-state index >= 15 is 0 Å². The van der Waals surface area contributed by atoms with Crippen LogP contribution in [-0.4, -0.2) is 33.6 Å². The molecule has 0 aliphatic heterocycles. The molecular formula is C22H25ClN4O2. The lowest BCUT2D eigenvalue weighted by Crippen LogP contribution is -2.31. The maximum atomic E-state index is 12.7. The fourth-order valence-electron chi connectivity index (χ4n) is 3.02. The molecule has 3 aromatic rings. The van der Waals surface area contributed by atoms with Crippen LogP contribution in [0.2, 0.25) is 5.02 Å². The number of hydrogen-bond acceptors (Lipinski definition) is 4. The molecule has 3 rings (SSSR count). The zero-order chi connectivity index (χ0) is 21.9. The Hall–Kier alpha value is -2.83. The molecule has 0 unspecified atom stereocenters. The lowest BCUT2D eigenvalue weighted by molar-refractivity contribution is 0.0911. The number of pyridine rings is 1. The number of nitrogens with one attached hydrogen (secondary N) is 3. The third kappa shape index (κ3) is 5.16. The van der Waals surface area contributed by atoms with Crippen molar-refractivity contribution < 1.29 is 11.3 Å². The Morgan fingerprint density at radius 1 is 1.34 bits per heavy atom. The van der Waals surface area contributed by atoms with Crippen LogP contribution >= 0.6 is 11.6 Å². The quantitative estimate of drug-likeness (QED) is 0.464. The number of rotatable bonds is 7. The predicted octanol–water partition coefficient (Wildman–Crippen LogP) is 4.32. The number of H-pyrrole nitrogens is 1. The Morgan fingerprint density at radius 3 is 2.83 bits per heavy atom. The summed E-state index contributed by atoms with van der Waals surface area (Å²) in [6.45, 7) is 5.18. The maximum Gasteiger partial charge on any atom is 0.268 e. The van der Waals surface area contributed by atoms with Gasteiger partial charge in [0.05, 0.1) is 19.0 Å². The normalized spacial score (nSPS) is 12.9. The minimum atomic E-state index is -0.892. The van der Waals surface area contributed by atoms with Gasteiger partial charge in [0.25, 0.3) is 5.91 Å². The average Bonchev–Trinajstić information content (AvgIpc) is 3.16. The number of anilines is 1. The Bertz CT molecular complexity index is 1050. The van der Waals surface area contributed by atoms with E-state index in [0.29, 0.717) is 22.1 Å². The smallest absolute Gasteiger partial charge is 0.268 e. The van der Waals surface area contributed by atoms with Crippen molar-refractivity contribution in [2.75, 3.05) is 11.9 Å². The van der Waals surface area contributed by atoms with Gasteiger partial charge in [-0.15, -0.1) is 0 Å². The number of hydrogen-bond donors (Lipinski definition) is 4. The van der Waals surface area contributed by atoms with Gasteiger partial charge in [0.2, 0.25) is 0 Å². The van der Waals surface area contributed by atoms with Crippen LogP contribution in [0.4, 0.5) is 5.82 Å². The van der Waals surface area contributed by atoms with Crippen molar-refractivity contribution in [3.8, 4) is 11.1 Å². The highest BCUT2D eigenvalue weighted by atomic mass is 35.5. The summed E-state index contributed by atoms with van der Waals surface area (Å²) in [5, 5.41) is 16.0. The molecule has 0 saturated heterocycles. The monoisotopic (exact) mass is 413 g/mol. The van der Waals surface area contributed by atoms with Gasteiger partial charge in [-0.05, 0) is 38.5 Å². The van der Waals surface area contributed by atoms with Gasteiger partial charge in [0.1, 0.15) is 11.5 Å². The van der Waals surface area contributed by atoms with Crippen LogP contribution in [-0.2, 0) is 0 Å². The zero-order valence-electron chi connectivity index (χ0n) is 17.6. The summed E-state index contributed by atoms with van der Waals surface area (Å²) in [6.07, 6.45) is 3.20. The van der Waals surface area contributed by atoms with E-state index in [4.69, 9.17) is 13.0 Å². The first-order valence-corrected chi connectivity index (χ1v) is 9.65. The highest BCUT2D eigenvalue weighted by Crippen LogP contribution is 2.30. The van der Waals surface area contributed by atoms with Gasteiger partial charge in [-0.2, -0.15) is 0 Å². The van der Waals surface area contributed by atoms with Crippen LogP contribution in [0, 0.1) is 6.92 Å². The van der Waals surface area contributed by atoms with Gasteiger partial charge < -0.3 is 20.7 Å². The summed E-state index contributed by atoms with van der Waals surface area (Å²) in [4.78, 5) is 19.9. The van der Waals surface area contributed by atoms with Gasteiger partial charge in [0, 0.05) is 29.5 Å². The van der Waals surface area contributed by atoms with Crippen molar-refractivity contribution >= 4 is 23.3 Å². The highest BCUT2D eigenvalue weighted by molar-refractivity contribution is 6.33. The fourth-order valence-corrected chi connectivity index (χ4v) is 3.24. The van der Waals surface area contributed by atoms with Crippen LogP contribution in [0.5, 0.6) is 0 Å². The molecule has 0 radical (unpaired) electrons. The molecule has 29 heavy (non-hydrogen) atoms. The molecule has 1 atom stereocenters. The third-order valence-electron chi connectivity index (χ3n) is 4.40. The number of aromatic nitrogens is 2. The first-order chi connectivity index (χ1) is 14.2. The van der Waals surface area contributed by atoms with E-state index in [1.807, 2.05) is 31.2 Å². The SMILES string of the molecule is [2H]C(C)(C)Nc1cc(-c2c[nH]c(C(=O)N[C@H](CO)c3cccc(C)c3)c2)c(Cl)cn1. The molecule has 152 valence electrons. The van der Waals surface area contributed by atoms with E-state index in [2.05, 4.69) is 20.6 Å². The molecule has 2 aromatic heterocycles. The third-order valence-corrected chi connectivity index (χ3v) is 4.71. The summed E-state index contributed by atoms with van der Waals surface area (Å²) in [5.74, 6) is 0.180. The van der Waals surface area contributed by atoms with E-state index in [1.165, 1.54) is 6.20 Å². The standard InChI is InChI=1S/C22H25ClN4O2/c1-13(2)26-21-9-17(18(23)11-25-21)16-8-19(24-10-16)22(29)27-20(12-28)15-6-4-5-14(3)7-15/h4-11,13,20,24,28H,12H2,1-3H3,(H,25,26)(H,27,29)/t20-/m1/s1/i13D. The highest BCUT2D eigenvalue weighted by Gasteiger charge is 2.17. The number of carbonyl (C=O) groups excluding carboxylic acids is 1. The summed E-state index contributed by atoms with van der Waals surface area (Å²) < 4.78 is 7.96. The molecule has 1 amide bonds. The molecule has 0 fully saturated rings. The number of aliphatic hydroxyl groups is 1. The zero-order valence-corrected chi connectivity index (χ0v) is 17.3. The summed E-state index contributed by atoms with van der Waals surface area (Å²) >= 11 is 6.31. The first kappa shape index (κ1) is 19.5. The number of aliphatic hydroxyl groups excluding tert-OH is 1. The lowest BCUT2D eigenvalue weighted by Gasteiger charge is -2.16. The van der Waals surface area contributed by atoms with Crippen molar-refractivity contribution in [1.82, 2.24) is 15.3 Å². The van der Waals surface area contributed by atoms with Crippen molar-refractivity contribution in [1.29, 1.82) is 0 Å². The Kier molecular flexibility index (Phi) is 6.12. The molecule has 0 aliphatic rings. The number of halogens is 1. The molecule has 4 N–H and O–H groups in total. The Labute approximate surface area is 176 Å². The lowest BCUT2D eigenvalue weighted by atomic mass is 10.0. The van der Waals surface area contributed by atoms with E-state index in [0.717, 1.165) is 16.7 Å². The van der Waals surface area contributed by atoms with Crippen molar-refractivity contribution in [3.05, 3.63) is 70.6 Å². The largest absolute Gasteiger partial charge is 0.394 e. The summed E-state index contributed by atoms with van der Waals surface area (Å²) in [6, 6.07) is 9.68. The molecule has 6 nitrogen and oxygen atoms in total. The van der Waals surface area contributed by atoms with E-state index < -0.39 is 12.1 Å². The first-order valence-electron chi connectivity index (χ1n) is 9.77. The second-order valence-electron chi connectivity index (χ2n) is 7.10. The van der Waals surface area contributed by atoms with E-state index in [9.17, 15) is 9.90 Å². The number of carbonyl (C=O) groups is 1. The average molecular weight is 414 g/mol. The number of nitrogens with zero attached hydrogens (tertiary/aromatic N) is 1. The maximum absolute atomic E-state index is 12.7. The van der Waals surface area contributed by atoms with Gasteiger partial charge in [-0.25, -0.2) is 4.98 Å². The van der Waals surface area contributed by atoms with Crippen LogP contribution < -0.4 is 10.6 Å². The molecule has 0 aliphatic carbocycles. The second kappa shape index (κ2) is 9.11. The molecule has 1 aromatic carbocycles. The summed E-state index contributed by atoms with van der Waals surface area (Å²) in [7, 11) is 0. The van der Waals surface area contributed by atoms with Gasteiger partial charge in [0.15, 0.2) is 0 Å². The van der Waals surface area contributed by atoms with Crippen LogP contribution in [0.15, 0.2) is 48.8 Å². The van der Waals surface area contributed by atoms with Gasteiger partial charge >= 0.3 is 0 Å². The number of aromatic amines is 1. The minimum Gasteiger partial charge on any atom is -0.394 e. The number of amides is 1. The molecular weight excluding hydrogens is 388 g/mol. The molecule has 0 saturated carbocycles. The second-order valence-corrected chi connectivity index (χ2v) is 7.51. The minimum absolute atomic E-state index is 0.211. The predicted molar refractivity (Wildman–Crippen MR) is 116 cm³/mol. The van der Waals surface area contributed by atoms with Crippen molar-refractivity contribution in [3.63, 3.8) is 0 Å². The van der Waals surface area contributed by atoms with Crippen LogP contribution in [0.1, 0.15) is 42.9 Å². The van der Waals surface area contributed by atoms with Crippen molar-refractivity contribution in [2.24, 2.45) is 0 Å². The topological polar surface area (TPSA) is 90.0 Å². The van der Waals surface area contributed by atoms with E-state index in [-0.39, 0.29) is 12.5 Å². The Morgan fingerprint density at radius 2 is 2.14 bits per heavy atom. The fraction of sp³-hybridized carbons (Fsp3) is 0.273. The number of benzene rings is 1. The number of aryl methyl sites for hydroxylation is 1. The van der Waals surface area contributed by atoms with Crippen LogP contribution in [0.3, 0.4) is 0 Å². The van der Waals surface area contributed by atoms with Gasteiger partial charge in [-0.3, -0.25) is 4.79 Å². The Balaban J connectivity index is 1.80. The molecule has 0 bridgehead atoms. The summed E-state index contributed by atoms with van der Waals surface area (Å²) in [5.41, 5.74) is 3.64. The van der Waals surface area contributed by atoms with Gasteiger partial charge in [-0.1, -0.05) is 41.4 Å². The molecule has 0 spiro atoms.